The standard InChI is InChI=1S/C22H32N2O3/c1-14-6-7-15(2)21(16(14)3)26-12-20(25)24-11-18-17(10-23(4)5)19-8-9-22(18,13-24)27-19/h6-7,17-19H,8-13H2,1-5H3/t17-,18+,19+,22+/m0/s1. The van der Waals surface area contributed by atoms with Crippen LogP contribution in [0.4, 0.5) is 0 Å². The Morgan fingerprint density at radius 3 is 2.78 bits per heavy atom. The number of ether oxygens (including phenoxy) is 2. The summed E-state index contributed by atoms with van der Waals surface area (Å²) in [7, 11) is 4.24. The predicted molar refractivity (Wildman–Crippen MR) is 105 cm³/mol. The van der Waals surface area contributed by atoms with E-state index in [-0.39, 0.29) is 18.1 Å². The van der Waals surface area contributed by atoms with Gasteiger partial charge in [-0.1, -0.05) is 12.1 Å². The maximum atomic E-state index is 12.9. The molecule has 0 unspecified atom stereocenters. The number of carbonyl (C=O) groups is 1. The Morgan fingerprint density at radius 1 is 1.30 bits per heavy atom. The molecule has 2 bridgehead atoms. The lowest BCUT2D eigenvalue weighted by atomic mass is 9.73. The van der Waals surface area contributed by atoms with Crippen molar-refractivity contribution in [3.05, 3.63) is 28.8 Å². The van der Waals surface area contributed by atoms with E-state index in [2.05, 4.69) is 45.0 Å². The first kappa shape index (κ1) is 18.8. The Labute approximate surface area is 162 Å². The van der Waals surface area contributed by atoms with Crippen LogP contribution in [0.1, 0.15) is 29.5 Å². The molecule has 5 nitrogen and oxygen atoms in total. The topological polar surface area (TPSA) is 42.0 Å². The van der Waals surface area contributed by atoms with Crippen LogP contribution < -0.4 is 4.74 Å². The third-order valence-corrected chi connectivity index (χ3v) is 6.93. The summed E-state index contributed by atoms with van der Waals surface area (Å²) in [5, 5.41) is 0. The minimum Gasteiger partial charge on any atom is -0.483 e. The van der Waals surface area contributed by atoms with Crippen LogP contribution in [0.25, 0.3) is 0 Å². The fourth-order valence-corrected chi connectivity index (χ4v) is 5.42. The lowest BCUT2D eigenvalue weighted by Crippen LogP contribution is -2.40. The molecule has 0 aromatic heterocycles. The zero-order valence-electron chi connectivity index (χ0n) is 17.2. The zero-order valence-corrected chi connectivity index (χ0v) is 17.2. The summed E-state index contributed by atoms with van der Waals surface area (Å²) in [5.74, 6) is 1.93. The first-order valence-electron chi connectivity index (χ1n) is 10.1. The normalized spacial score (nSPS) is 31.6. The molecule has 1 amide bonds. The molecule has 0 aliphatic carbocycles. The molecule has 4 atom stereocenters. The van der Waals surface area contributed by atoms with Gasteiger partial charge in [-0.2, -0.15) is 0 Å². The summed E-state index contributed by atoms with van der Waals surface area (Å²) in [5.41, 5.74) is 3.29. The Kier molecular flexibility index (Phi) is 4.71. The molecule has 1 aromatic carbocycles. The SMILES string of the molecule is Cc1ccc(C)c(OCC(=O)N2C[C@@H]3[C@H](CN(C)C)[C@H]4CC[C@]3(C2)O4)c1C. The fraction of sp³-hybridized carbons (Fsp3) is 0.682. The van der Waals surface area contributed by atoms with Gasteiger partial charge in [-0.25, -0.2) is 0 Å². The highest BCUT2D eigenvalue weighted by atomic mass is 16.5. The molecule has 4 rings (SSSR count). The number of amides is 1. The number of nitrogens with zero attached hydrogens (tertiary/aromatic N) is 2. The van der Waals surface area contributed by atoms with Crippen molar-refractivity contribution in [2.75, 3.05) is 40.3 Å². The molecule has 148 valence electrons. The van der Waals surface area contributed by atoms with E-state index in [0.717, 1.165) is 49.4 Å². The highest BCUT2D eigenvalue weighted by molar-refractivity contribution is 5.78. The van der Waals surface area contributed by atoms with Gasteiger partial charge >= 0.3 is 0 Å². The first-order valence-corrected chi connectivity index (χ1v) is 10.1. The number of likely N-dealkylation sites (tertiary alicyclic amines) is 1. The number of fused-ring (bicyclic) bond motifs is 1. The molecule has 27 heavy (non-hydrogen) atoms. The average Bonchev–Trinajstić information content (AvgIpc) is 3.27. The van der Waals surface area contributed by atoms with Crippen molar-refractivity contribution in [2.45, 2.75) is 45.3 Å². The van der Waals surface area contributed by atoms with Crippen LogP contribution in [-0.4, -0.2) is 67.7 Å². The van der Waals surface area contributed by atoms with Crippen LogP contribution in [0.2, 0.25) is 0 Å². The third-order valence-electron chi connectivity index (χ3n) is 6.93. The van der Waals surface area contributed by atoms with E-state index in [9.17, 15) is 4.79 Å². The van der Waals surface area contributed by atoms with E-state index >= 15 is 0 Å². The number of rotatable bonds is 5. The van der Waals surface area contributed by atoms with E-state index in [1.54, 1.807) is 0 Å². The number of aryl methyl sites for hydroxylation is 2. The van der Waals surface area contributed by atoms with E-state index in [1.807, 2.05) is 11.8 Å². The van der Waals surface area contributed by atoms with Crippen molar-refractivity contribution in [1.29, 1.82) is 0 Å². The van der Waals surface area contributed by atoms with Gasteiger partial charge in [0.05, 0.1) is 18.2 Å². The maximum absolute atomic E-state index is 12.9. The largest absolute Gasteiger partial charge is 0.483 e. The molecule has 3 heterocycles. The van der Waals surface area contributed by atoms with Crippen LogP contribution in [0, 0.1) is 32.6 Å². The van der Waals surface area contributed by atoms with Crippen molar-refractivity contribution >= 4 is 5.91 Å². The molecule has 0 radical (unpaired) electrons. The second kappa shape index (κ2) is 6.78. The lowest BCUT2D eigenvalue weighted by molar-refractivity contribution is -0.133. The number of hydrogen-bond acceptors (Lipinski definition) is 4. The summed E-state index contributed by atoms with van der Waals surface area (Å²) >= 11 is 0. The molecule has 3 aliphatic rings. The van der Waals surface area contributed by atoms with Crippen molar-refractivity contribution in [1.82, 2.24) is 9.80 Å². The minimum absolute atomic E-state index is 0.0785. The predicted octanol–water partition coefficient (Wildman–Crippen LogP) is 2.56. The summed E-state index contributed by atoms with van der Waals surface area (Å²) in [4.78, 5) is 17.1. The van der Waals surface area contributed by atoms with Crippen LogP contribution in [0.3, 0.4) is 0 Å². The zero-order chi connectivity index (χ0) is 19.3. The quantitative estimate of drug-likeness (QED) is 0.797. The molecular formula is C22H32N2O3. The molecule has 3 saturated heterocycles. The van der Waals surface area contributed by atoms with Crippen molar-refractivity contribution in [3.63, 3.8) is 0 Å². The van der Waals surface area contributed by atoms with E-state index in [0.29, 0.717) is 17.9 Å². The van der Waals surface area contributed by atoms with Gasteiger partial charge in [0.25, 0.3) is 5.91 Å². The smallest absolute Gasteiger partial charge is 0.260 e. The van der Waals surface area contributed by atoms with Crippen LogP contribution in [-0.2, 0) is 9.53 Å². The Balaban J connectivity index is 1.42. The van der Waals surface area contributed by atoms with Crippen LogP contribution >= 0.6 is 0 Å². The second-order valence-corrected chi connectivity index (χ2v) is 9.01. The highest BCUT2D eigenvalue weighted by Gasteiger charge is 2.63. The molecule has 3 aliphatic heterocycles. The van der Waals surface area contributed by atoms with Crippen molar-refractivity contribution in [3.8, 4) is 5.75 Å². The minimum atomic E-state index is -0.101. The van der Waals surface area contributed by atoms with Gasteiger partial charge in [0.1, 0.15) is 5.75 Å². The van der Waals surface area contributed by atoms with Gasteiger partial charge in [0.2, 0.25) is 0 Å². The maximum Gasteiger partial charge on any atom is 0.260 e. The van der Waals surface area contributed by atoms with Gasteiger partial charge in [0, 0.05) is 24.9 Å². The Bertz CT molecular complexity index is 747. The Hall–Kier alpha value is -1.59. The van der Waals surface area contributed by atoms with Gasteiger partial charge < -0.3 is 19.3 Å². The van der Waals surface area contributed by atoms with Crippen LogP contribution in [0.15, 0.2) is 12.1 Å². The third kappa shape index (κ3) is 3.15. The molecule has 5 heteroatoms. The average molecular weight is 373 g/mol. The summed E-state index contributed by atoms with van der Waals surface area (Å²) < 4.78 is 12.4. The Morgan fingerprint density at radius 2 is 2.04 bits per heavy atom. The molecule has 3 fully saturated rings. The number of hydrogen-bond donors (Lipinski definition) is 0. The molecule has 0 N–H and O–H groups in total. The summed E-state index contributed by atoms with van der Waals surface area (Å²) in [6.45, 7) is 8.84. The second-order valence-electron chi connectivity index (χ2n) is 9.01. The van der Waals surface area contributed by atoms with Gasteiger partial charge in [-0.05, 0) is 64.4 Å². The monoisotopic (exact) mass is 372 g/mol. The van der Waals surface area contributed by atoms with E-state index in [1.165, 1.54) is 5.56 Å². The van der Waals surface area contributed by atoms with E-state index < -0.39 is 0 Å². The van der Waals surface area contributed by atoms with Crippen molar-refractivity contribution in [2.24, 2.45) is 11.8 Å². The molecule has 0 saturated carbocycles. The number of carbonyl (C=O) groups excluding carboxylic acids is 1. The fourth-order valence-electron chi connectivity index (χ4n) is 5.42. The van der Waals surface area contributed by atoms with Gasteiger partial charge in [-0.15, -0.1) is 0 Å². The first-order chi connectivity index (χ1) is 12.8. The summed E-state index contributed by atoms with van der Waals surface area (Å²) in [6, 6.07) is 4.15. The van der Waals surface area contributed by atoms with Gasteiger partial charge in [-0.3, -0.25) is 4.79 Å². The van der Waals surface area contributed by atoms with Crippen molar-refractivity contribution < 1.29 is 14.3 Å². The van der Waals surface area contributed by atoms with Gasteiger partial charge in [0.15, 0.2) is 6.61 Å². The molecular weight excluding hydrogens is 340 g/mol. The highest BCUT2D eigenvalue weighted by Crippen LogP contribution is 2.54. The van der Waals surface area contributed by atoms with E-state index in [4.69, 9.17) is 9.47 Å². The molecule has 1 spiro atoms. The lowest BCUT2D eigenvalue weighted by Gasteiger charge is -2.30. The molecule has 1 aromatic rings. The summed E-state index contributed by atoms with van der Waals surface area (Å²) in [6.07, 6.45) is 2.60. The number of benzene rings is 1. The van der Waals surface area contributed by atoms with Crippen LogP contribution in [0.5, 0.6) is 5.75 Å².